The van der Waals surface area contributed by atoms with Gasteiger partial charge in [-0.2, -0.15) is 0 Å². The normalized spacial score (nSPS) is 12.6. The zero-order valence-electron chi connectivity index (χ0n) is 9.33. The summed E-state index contributed by atoms with van der Waals surface area (Å²) in [6.45, 7) is 5.29. The lowest BCUT2D eigenvalue weighted by molar-refractivity contribution is 0.791. The molecule has 1 atom stereocenters. The molecule has 78 valence electrons. The van der Waals surface area contributed by atoms with Gasteiger partial charge in [0.2, 0.25) is 0 Å². The van der Waals surface area contributed by atoms with E-state index < -0.39 is 0 Å². The number of anilines is 1. The molecule has 0 aliphatic rings. The summed E-state index contributed by atoms with van der Waals surface area (Å²) in [5.74, 6) is 0. The summed E-state index contributed by atoms with van der Waals surface area (Å²) < 4.78 is 0. The van der Waals surface area contributed by atoms with Gasteiger partial charge in [0.25, 0.3) is 0 Å². The van der Waals surface area contributed by atoms with Gasteiger partial charge in [0, 0.05) is 25.3 Å². The van der Waals surface area contributed by atoms with Crippen molar-refractivity contribution in [2.75, 3.05) is 18.5 Å². The van der Waals surface area contributed by atoms with E-state index in [4.69, 9.17) is 5.73 Å². The fourth-order valence-corrected chi connectivity index (χ4v) is 1.68. The minimum absolute atomic E-state index is 0.102. The topological polar surface area (TPSA) is 29.3 Å². The minimum atomic E-state index is 0.102. The van der Waals surface area contributed by atoms with E-state index in [0.717, 1.165) is 13.0 Å². The standard InChI is InChI=1S/C12H20N2/c1-4-9-14(3)12-8-6-5-7-11(12)10(2)13/h5-8,10H,4,9,13H2,1-3H3/t10-/m1/s1. The van der Waals surface area contributed by atoms with E-state index in [9.17, 15) is 0 Å². The van der Waals surface area contributed by atoms with Crippen LogP contribution in [0.15, 0.2) is 24.3 Å². The Morgan fingerprint density at radius 2 is 2.00 bits per heavy atom. The molecule has 0 saturated carbocycles. The minimum Gasteiger partial charge on any atom is -0.374 e. The van der Waals surface area contributed by atoms with Crippen LogP contribution >= 0.6 is 0 Å². The van der Waals surface area contributed by atoms with Gasteiger partial charge in [0.1, 0.15) is 0 Å². The van der Waals surface area contributed by atoms with Crippen LogP contribution in [-0.4, -0.2) is 13.6 Å². The monoisotopic (exact) mass is 192 g/mol. The van der Waals surface area contributed by atoms with Crippen LogP contribution in [0.1, 0.15) is 31.9 Å². The number of hydrogen-bond acceptors (Lipinski definition) is 2. The van der Waals surface area contributed by atoms with E-state index >= 15 is 0 Å². The van der Waals surface area contributed by atoms with Crippen LogP contribution in [0.3, 0.4) is 0 Å². The lowest BCUT2D eigenvalue weighted by Crippen LogP contribution is -2.21. The molecule has 2 nitrogen and oxygen atoms in total. The largest absolute Gasteiger partial charge is 0.374 e. The molecule has 14 heavy (non-hydrogen) atoms. The molecule has 0 heterocycles. The molecule has 0 aromatic heterocycles. The first kappa shape index (κ1) is 11.1. The highest BCUT2D eigenvalue weighted by atomic mass is 15.1. The van der Waals surface area contributed by atoms with Gasteiger partial charge < -0.3 is 10.6 Å². The molecule has 2 heteroatoms. The highest BCUT2D eigenvalue weighted by Crippen LogP contribution is 2.23. The molecule has 0 fully saturated rings. The summed E-state index contributed by atoms with van der Waals surface area (Å²) in [4.78, 5) is 2.26. The predicted octanol–water partition coefficient (Wildman–Crippen LogP) is 2.55. The highest BCUT2D eigenvalue weighted by molar-refractivity contribution is 5.54. The first-order valence-corrected chi connectivity index (χ1v) is 5.22. The second-order valence-electron chi connectivity index (χ2n) is 3.77. The zero-order chi connectivity index (χ0) is 10.6. The Morgan fingerprint density at radius 3 is 2.57 bits per heavy atom. The molecule has 2 N–H and O–H groups in total. The third kappa shape index (κ3) is 2.48. The van der Waals surface area contributed by atoms with Crippen molar-refractivity contribution < 1.29 is 0 Å². The second-order valence-corrected chi connectivity index (χ2v) is 3.77. The van der Waals surface area contributed by atoms with E-state index in [1.807, 2.05) is 13.0 Å². The molecule has 0 unspecified atom stereocenters. The van der Waals surface area contributed by atoms with Crippen LogP contribution in [-0.2, 0) is 0 Å². The van der Waals surface area contributed by atoms with Crippen LogP contribution in [0.4, 0.5) is 5.69 Å². The van der Waals surface area contributed by atoms with Crippen molar-refractivity contribution >= 4 is 5.69 Å². The molecular formula is C12H20N2. The van der Waals surface area contributed by atoms with Gasteiger partial charge in [-0.15, -0.1) is 0 Å². The molecule has 1 aromatic rings. The average Bonchev–Trinajstić information content (AvgIpc) is 2.18. The van der Waals surface area contributed by atoms with Crippen molar-refractivity contribution in [2.45, 2.75) is 26.3 Å². The number of nitrogens with two attached hydrogens (primary N) is 1. The van der Waals surface area contributed by atoms with Crippen LogP contribution in [0, 0.1) is 0 Å². The maximum atomic E-state index is 5.92. The Balaban J connectivity index is 2.94. The third-order valence-corrected chi connectivity index (χ3v) is 2.40. The lowest BCUT2D eigenvalue weighted by Gasteiger charge is -2.23. The molecule has 0 saturated heterocycles. The van der Waals surface area contributed by atoms with Gasteiger partial charge in [-0.1, -0.05) is 25.1 Å². The van der Waals surface area contributed by atoms with E-state index in [1.165, 1.54) is 11.3 Å². The van der Waals surface area contributed by atoms with Gasteiger partial charge in [0.15, 0.2) is 0 Å². The second kappa shape index (κ2) is 5.01. The Bertz CT molecular complexity index is 281. The van der Waals surface area contributed by atoms with Gasteiger partial charge in [0.05, 0.1) is 0 Å². The number of rotatable bonds is 4. The maximum Gasteiger partial charge on any atom is 0.0411 e. The molecule has 0 aliphatic heterocycles. The molecule has 1 aromatic carbocycles. The Kier molecular flexibility index (Phi) is 3.96. The van der Waals surface area contributed by atoms with Gasteiger partial charge >= 0.3 is 0 Å². The van der Waals surface area contributed by atoms with E-state index in [1.54, 1.807) is 0 Å². The third-order valence-electron chi connectivity index (χ3n) is 2.40. The molecule has 1 rings (SSSR count). The Labute approximate surface area is 86.7 Å². The van der Waals surface area contributed by atoms with Crippen molar-refractivity contribution in [3.8, 4) is 0 Å². The molecular weight excluding hydrogens is 172 g/mol. The van der Waals surface area contributed by atoms with Gasteiger partial charge in [-0.05, 0) is 25.0 Å². The quantitative estimate of drug-likeness (QED) is 0.794. The summed E-state index contributed by atoms with van der Waals surface area (Å²) in [6.07, 6.45) is 1.16. The molecule has 0 amide bonds. The fourth-order valence-electron chi connectivity index (χ4n) is 1.68. The summed E-state index contributed by atoms with van der Waals surface area (Å²) in [5.41, 5.74) is 8.40. The Morgan fingerprint density at radius 1 is 1.36 bits per heavy atom. The van der Waals surface area contributed by atoms with Crippen molar-refractivity contribution in [3.63, 3.8) is 0 Å². The zero-order valence-corrected chi connectivity index (χ0v) is 9.33. The number of hydrogen-bond donors (Lipinski definition) is 1. The lowest BCUT2D eigenvalue weighted by atomic mass is 10.1. The van der Waals surface area contributed by atoms with Crippen LogP contribution in [0.2, 0.25) is 0 Å². The Hall–Kier alpha value is -1.02. The number of benzene rings is 1. The summed E-state index contributed by atoms with van der Waals surface area (Å²) in [5, 5.41) is 0. The summed E-state index contributed by atoms with van der Waals surface area (Å²) in [7, 11) is 2.12. The van der Waals surface area contributed by atoms with Gasteiger partial charge in [-0.3, -0.25) is 0 Å². The van der Waals surface area contributed by atoms with Crippen LogP contribution < -0.4 is 10.6 Å². The van der Waals surface area contributed by atoms with E-state index in [2.05, 4.69) is 37.1 Å². The molecule has 0 bridgehead atoms. The fraction of sp³-hybridized carbons (Fsp3) is 0.500. The first-order chi connectivity index (χ1) is 6.66. The van der Waals surface area contributed by atoms with E-state index in [0.29, 0.717) is 0 Å². The average molecular weight is 192 g/mol. The van der Waals surface area contributed by atoms with Crippen molar-refractivity contribution in [3.05, 3.63) is 29.8 Å². The SMILES string of the molecule is CCCN(C)c1ccccc1[C@@H](C)N. The summed E-state index contributed by atoms with van der Waals surface area (Å²) >= 11 is 0. The molecule has 0 radical (unpaired) electrons. The molecule has 0 aliphatic carbocycles. The van der Waals surface area contributed by atoms with Crippen molar-refractivity contribution in [1.29, 1.82) is 0 Å². The smallest absolute Gasteiger partial charge is 0.0411 e. The van der Waals surface area contributed by atoms with Crippen LogP contribution in [0.5, 0.6) is 0 Å². The van der Waals surface area contributed by atoms with Crippen LogP contribution in [0.25, 0.3) is 0 Å². The van der Waals surface area contributed by atoms with Crippen molar-refractivity contribution in [2.24, 2.45) is 5.73 Å². The molecule has 0 spiro atoms. The first-order valence-electron chi connectivity index (χ1n) is 5.22. The number of para-hydroxylation sites is 1. The van der Waals surface area contributed by atoms with Gasteiger partial charge in [-0.25, -0.2) is 0 Å². The van der Waals surface area contributed by atoms with Crippen molar-refractivity contribution in [1.82, 2.24) is 0 Å². The maximum absolute atomic E-state index is 5.92. The highest BCUT2D eigenvalue weighted by Gasteiger charge is 2.08. The number of nitrogens with zero attached hydrogens (tertiary/aromatic N) is 1. The predicted molar refractivity (Wildman–Crippen MR) is 62.6 cm³/mol. The van der Waals surface area contributed by atoms with E-state index in [-0.39, 0.29) is 6.04 Å². The summed E-state index contributed by atoms with van der Waals surface area (Å²) in [6, 6.07) is 8.45.